The van der Waals surface area contributed by atoms with Gasteiger partial charge in [0.1, 0.15) is 24.2 Å². The van der Waals surface area contributed by atoms with Crippen molar-refractivity contribution in [3.05, 3.63) is 18.2 Å². The fourth-order valence-electron chi connectivity index (χ4n) is 2.15. The van der Waals surface area contributed by atoms with Crippen molar-refractivity contribution in [2.24, 2.45) is 5.73 Å². The van der Waals surface area contributed by atoms with E-state index in [0.717, 1.165) is 0 Å². The minimum atomic E-state index is -1.24. The van der Waals surface area contributed by atoms with Crippen LogP contribution >= 0.6 is 12.6 Å². The number of carboxylic acids is 1. The largest absolute Gasteiger partial charge is 0.480 e. The molecule has 0 saturated carbocycles. The molecular weight excluding hydrogens is 404 g/mol. The first-order chi connectivity index (χ1) is 13.6. The lowest BCUT2D eigenvalue weighted by atomic mass is 10.1. The third kappa shape index (κ3) is 7.71. The summed E-state index contributed by atoms with van der Waals surface area (Å²) in [5.74, 6) is -3.56. The Hall–Kier alpha value is -2.64. The third-order valence-electron chi connectivity index (χ3n) is 3.98. The fourth-order valence-corrected chi connectivity index (χ4v) is 2.41. The summed E-state index contributed by atoms with van der Waals surface area (Å²) < 4.78 is 0. The van der Waals surface area contributed by atoms with Crippen LogP contribution < -0.4 is 21.7 Å². The maximum Gasteiger partial charge on any atom is 0.325 e. The monoisotopic (exact) mass is 430 g/mol. The number of aliphatic hydroxyl groups is 1. The molecule has 5 unspecified atom stereocenters. The molecule has 0 aliphatic rings. The molecule has 0 spiro atoms. The predicted molar refractivity (Wildman–Crippen MR) is 105 cm³/mol. The quantitative estimate of drug-likeness (QED) is 0.171. The zero-order valence-corrected chi connectivity index (χ0v) is 16.8. The van der Waals surface area contributed by atoms with Gasteiger partial charge in [-0.05, 0) is 13.8 Å². The van der Waals surface area contributed by atoms with Gasteiger partial charge in [-0.3, -0.25) is 19.2 Å². The molecule has 1 rings (SSSR count). The maximum absolute atomic E-state index is 12.6. The van der Waals surface area contributed by atoms with E-state index in [1.54, 1.807) is 0 Å². The Morgan fingerprint density at radius 2 is 1.72 bits per heavy atom. The summed E-state index contributed by atoms with van der Waals surface area (Å²) in [6, 6.07) is -4.70. The molecule has 0 aromatic carbocycles. The molecule has 29 heavy (non-hydrogen) atoms. The zero-order chi connectivity index (χ0) is 22.1. The van der Waals surface area contributed by atoms with Gasteiger partial charge in [-0.25, -0.2) is 4.98 Å². The van der Waals surface area contributed by atoms with Gasteiger partial charge < -0.3 is 36.9 Å². The van der Waals surface area contributed by atoms with Gasteiger partial charge in [0, 0.05) is 24.1 Å². The van der Waals surface area contributed by atoms with Crippen LogP contribution in [-0.2, 0) is 25.6 Å². The van der Waals surface area contributed by atoms with Gasteiger partial charge >= 0.3 is 5.97 Å². The van der Waals surface area contributed by atoms with Crippen molar-refractivity contribution in [2.45, 2.75) is 50.5 Å². The Bertz CT molecular complexity index is 713. The second-order valence-electron chi connectivity index (χ2n) is 6.42. The number of amides is 3. The highest BCUT2D eigenvalue weighted by molar-refractivity contribution is 7.80. The molecule has 1 aromatic rings. The predicted octanol–water partition coefficient (Wildman–Crippen LogP) is -2.85. The van der Waals surface area contributed by atoms with Crippen molar-refractivity contribution in [3.63, 3.8) is 0 Å². The minimum absolute atomic E-state index is 0.00430. The SMILES string of the molecule is CC(NC(=O)C(Cc1cnc[nH]1)NC(=O)C(CS)NC(=O)C(N)C(C)O)C(=O)O. The molecule has 13 heteroatoms. The molecule has 0 radical (unpaired) electrons. The van der Waals surface area contributed by atoms with Crippen LogP contribution in [0.25, 0.3) is 0 Å². The number of hydrogen-bond acceptors (Lipinski definition) is 8. The van der Waals surface area contributed by atoms with E-state index in [4.69, 9.17) is 10.8 Å². The lowest BCUT2D eigenvalue weighted by molar-refractivity contribution is -0.141. The van der Waals surface area contributed by atoms with Crippen LogP contribution in [0.5, 0.6) is 0 Å². The first-order valence-corrected chi connectivity index (χ1v) is 9.35. The molecule has 8 N–H and O–H groups in total. The molecule has 5 atom stereocenters. The lowest BCUT2D eigenvalue weighted by Gasteiger charge is -2.24. The van der Waals surface area contributed by atoms with Crippen LogP contribution in [0.2, 0.25) is 0 Å². The molecule has 0 saturated heterocycles. The number of carboxylic acid groups (broad SMARTS) is 1. The van der Waals surface area contributed by atoms with Crippen LogP contribution in [0.3, 0.4) is 0 Å². The Kier molecular flexibility index (Phi) is 9.58. The third-order valence-corrected chi connectivity index (χ3v) is 4.34. The Morgan fingerprint density at radius 1 is 1.14 bits per heavy atom. The van der Waals surface area contributed by atoms with Gasteiger partial charge in [-0.15, -0.1) is 0 Å². The van der Waals surface area contributed by atoms with E-state index in [1.807, 2.05) is 0 Å². The van der Waals surface area contributed by atoms with Gasteiger partial charge in [0.2, 0.25) is 17.7 Å². The number of carbonyl (C=O) groups is 4. The smallest absolute Gasteiger partial charge is 0.325 e. The van der Waals surface area contributed by atoms with Crippen molar-refractivity contribution in [1.29, 1.82) is 0 Å². The molecular formula is C16H26N6O6S. The van der Waals surface area contributed by atoms with Crippen LogP contribution in [0, 0.1) is 0 Å². The number of H-pyrrole nitrogens is 1. The number of thiol groups is 1. The standard InChI is InChI=1S/C16H26N6O6S/c1-7(16(27)28)20-13(24)10(3-9-4-18-6-19-9)21-14(25)11(5-29)22-15(26)12(17)8(2)23/h4,6-8,10-12,23,29H,3,5,17H2,1-2H3,(H,18,19)(H,20,24)(H,21,25)(H,22,26)(H,27,28). The van der Waals surface area contributed by atoms with Gasteiger partial charge in [-0.1, -0.05) is 0 Å². The topological polar surface area (TPSA) is 200 Å². The molecule has 0 bridgehead atoms. The second kappa shape index (κ2) is 11.4. The summed E-state index contributed by atoms with van der Waals surface area (Å²) in [4.78, 5) is 54.6. The number of rotatable bonds is 11. The second-order valence-corrected chi connectivity index (χ2v) is 6.79. The van der Waals surface area contributed by atoms with Crippen molar-refractivity contribution in [1.82, 2.24) is 25.9 Å². The summed E-state index contributed by atoms with van der Waals surface area (Å²) in [5, 5.41) is 25.5. The van der Waals surface area contributed by atoms with Gasteiger partial charge in [0.15, 0.2) is 0 Å². The Balaban J connectivity index is 2.88. The van der Waals surface area contributed by atoms with Crippen molar-refractivity contribution in [2.75, 3.05) is 5.75 Å². The summed E-state index contributed by atoms with van der Waals surface area (Å²) in [7, 11) is 0. The summed E-state index contributed by atoms with van der Waals surface area (Å²) in [6.45, 7) is 2.61. The van der Waals surface area contributed by atoms with E-state index in [9.17, 15) is 24.3 Å². The first kappa shape index (κ1) is 24.4. The number of carbonyl (C=O) groups excluding carboxylic acids is 3. The van der Waals surface area contributed by atoms with Crippen molar-refractivity contribution < 1.29 is 29.4 Å². The van der Waals surface area contributed by atoms with Gasteiger partial charge in [0.25, 0.3) is 0 Å². The summed E-state index contributed by atoms with van der Waals surface area (Å²) in [6.07, 6.45) is 1.71. The van der Waals surface area contributed by atoms with E-state index < -0.39 is 54.0 Å². The van der Waals surface area contributed by atoms with Gasteiger partial charge in [-0.2, -0.15) is 12.6 Å². The van der Waals surface area contributed by atoms with Crippen molar-refractivity contribution in [3.8, 4) is 0 Å². The molecule has 1 heterocycles. The van der Waals surface area contributed by atoms with E-state index in [-0.39, 0.29) is 12.2 Å². The van der Waals surface area contributed by atoms with Crippen molar-refractivity contribution >= 4 is 36.3 Å². The zero-order valence-electron chi connectivity index (χ0n) is 16.0. The normalized spacial score (nSPS) is 16.0. The fraction of sp³-hybridized carbons (Fsp3) is 0.562. The summed E-state index contributed by atoms with van der Waals surface area (Å²) in [5.41, 5.74) is 6.06. The van der Waals surface area contributed by atoms with Crippen LogP contribution in [0.15, 0.2) is 12.5 Å². The Morgan fingerprint density at radius 3 is 2.21 bits per heavy atom. The molecule has 0 aliphatic carbocycles. The number of aromatic nitrogens is 2. The maximum atomic E-state index is 12.6. The minimum Gasteiger partial charge on any atom is -0.480 e. The van der Waals surface area contributed by atoms with Gasteiger partial charge in [0.05, 0.1) is 12.4 Å². The highest BCUT2D eigenvalue weighted by Gasteiger charge is 2.30. The highest BCUT2D eigenvalue weighted by atomic mass is 32.1. The van der Waals surface area contributed by atoms with E-state index in [2.05, 4.69) is 38.5 Å². The number of nitrogens with two attached hydrogens (primary N) is 1. The number of hydrogen-bond donors (Lipinski definition) is 8. The summed E-state index contributed by atoms with van der Waals surface area (Å²) >= 11 is 4.02. The van der Waals surface area contributed by atoms with Crippen LogP contribution in [0.4, 0.5) is 0 Å². The lowest BCUT2D eigenvalue weighted by Crippen LogP contribution is -2.58. The molecule has 162 valence electrons. The van der Waals surface area contributed by atoms with E-state index >= 15 is 0 Å². The average molecular weight is 430 g/mol. The molecule has 0 aliphatic heterocycles. The molecule has 1 aromatic heterocycles. The van der Waals surface area contributed by atoms with E-state index in [1.165, 1.54) is 26.4 Å². The number of aliphatic hydroxyl groups excluding tert-OH is 1. The van der Waals surface area contributed by atoms with Crippen LogP contribution in [0.1, 0.15) is 19.5 Å². The number of aromatic amines is 1. The molecule has 0 fully saturated rings. The number of nitrogens with zero attached hydrogens (tertiary/aromatic N) is 1. The first-order valence-electron chi connectivity index (χ1n) is 8.72. The van der Waals surface area contributed by atoms with Crippen LogP contribution in [-0.4, -0.2) is 79.9 Å². The molecule has 3 amide bonds. The average Bonchev–Trinajstić information content (AvgIpc) is 3.17. The number of nitrogens with one attached hydrogen (secondary N) is 4. The molecule has 12 nitrogen and oxygen atoms in total. The highest BCUT2D eigenvalue weighted by Crippen LogP contribution is 2.02. The van der Waals surface area contributed by atoms with E-state index in [0.29, 0.717) is 5.69 Å². The Labute approximate surface area is 172 Å². The number of imidazole rings is 1. The number of aliphatic carboxylic acids is 1.